The van der Waals surface area contributed by atoms with Gasteiger partial charge in [-0.15, -0.1) is 5.73 Å². The number of fused-ring (bicyclic) bond motifs is 3. The van der Waals surface area contributed by atoms with Crippen LogP contribution in [0.1, 0.15) is 29.0 Å². The molecule has 3 aromatic carbocycles. The summed E-state index contributed by atoms with van der Waals surface area (Å²) >= 11 is 0. The molecule has 1 aliphatic carbocycles. The van der Waals surface area contributed by atoms with Gasteiger partial charge in [-0.05, 0) is 40.3 Å². The van der Waals surface area contributed by atoms with Crippen molar-refractivity contribution in [2.45, 2.75) is 30.3 Å². The molecule has 10 heteroatoms. The summed E-state index contributed by atoms with van der Waals surface area (Å²) in [7, 11) is 0. The topological polar surface area (TPSA) is 150 Å². The van der Waals surface area contributed by atoms with E-state index < -0.39 is 41.7 Å². The van der Waals surface area contributed by atoms with Gasteiger partial charge in [0.25, 0.3) is 0 Å². The Balaban J connectivity index is 1.32. The van der Waals surface area contributed by atoms with Crippen LogP contribution in [0.3, 0.4) is 0 Å². The Morgan fingerprint density at radius 3 is 2.15 bits per heavy atom. The van der Waals surface area contributed by atoms with Gasteiger partial charge < -0.3 is 25.6 Å². The Bertz CT molecular complexity index is 1620. The lowest BCUT2D eigenvalue weighted by molar-refractivity contribution is -0.151. The highest BCUT2D eigenvalue weighted by molar-refractivity contribution is 6.09. The molecule has 3 atom stereocenters. The van der Waals surface area contributed by atoms with Gasteiger partial charge in [-0.25, -0.2) is 9.59 Å². The van der Waals surface area contributed by atoms with Crippen LogP contribution in [0, 0.1) is 5.92 Å². The first-order valence-electron chi connectivity index (χ1n) is 15.1. The maximum absolute atomic E-state index is 13.6. The summed E-state index contributed by atoms with van der Waals surface area (Å²) in [6.45, 7) is 3.96. The Hall–Kier alpha value is -5.02. The van der Waals surface area contributed by atoms with Gasteiger partial charge in [0.1, 0.15) is 6.61 Å². The van der Waals surface area contributed by atoms with Crippen LogP contribution in [0.4, 0.5) is 4.79 Å². The second kappa shape index (κ2) is 14.0. The lowest BCUT2D eigenvalue weighted by atomic mass is 9.78. The highest BCUT2D eigenvalue weighted by Gasteiger charge is 2.49. The zero-order chi connectivity index (χ0) is 32.8. The number of carboxylic acids is 2. The van der Waals surface area contributed by atoms with Gasteiger partial charge in [-0.1, -0.05) is 85.4 Å². The molecule has 5 rings (SSSR count). The number of hydrogen-bond donors (Lipinski definition) is 3. The first kappa shape index (κ1) is 32.4. The standard InChI is InChI=1S/C36H37N3O7/c1-2-10-25(20-33(41)42)36(37,34(43)44)32(40)22-38-17-18-39(21-26(38)19-24-11-4-3-5-12-24)35(45)46-23-31-29-15-8-6-13-27(29)28-14-7-9-16-30(28)31/h3-16,25-26,31H,1,17-23,37H2,(H,41,42)(H,43,44)/t25?,26?,36-/m0/s1. The number of ketones is 1. The van der Waals surface area contributed by atoms with Crippen molar-refractivity contribution in [1.29, 1.82) is 0 Å². The minimum absolute atomic E-state index is 0.0903. The molecule has 10 nitrogen and oxygen atoms in total. The van der Waals surface area contributed by atoms with Crippen molar-refractivity contribution >= 4 is 23.8 Å². The molecule has 0 radical (unpaired) electrons. The van der Waals surface area contributed by atoms with Crippen LogP contribution in [0.25, 0.3) is 11.1 Å². The van der Waals surface area contributed by atoms with Crippen LogP contribution < -0.4 is 5.73 Å². The number of Topliss-reactive ketones (excluding diaryl/α,β-unsaturated/α-hetero) is 1. The van der Waals surface area contributed by atoms with Crippen LogP contribution in [0.15, 0.2) is 97.2 Å². The molecule has 2 unspecified atom stereocenters. The fourth-order valence-corrected chi connectivity index (χ4v) is 6.51. The molecule has 0 bridgehead atoms. The van der Waals surface area contributed by atoms with Crippen molar-refractivity contribution in [3.63, 3.8) is 0 Å². The summed E-state index contributed by atoms with van der Waals surface area (Å²) in [5.41, 5.74) is 11.5. The number of nitrogens with zero attached hydrogens (tertiary/aromatic N) is 2. The molecular formula is C36H37N3O7. The molecule has 0 saturated carbocycles. The Morgan fingerprint density at radius 1 is 0.957 bits per heavy atom. The van der Waals surface area contributed by atoms with Gasteiger partial charge >= 0.3 is 18.0 Å². The Labute approximate surface area is 267 Å². The highest BCUT2D eigenvalue weighted by Crippen LogP contribution is 2.44. The molecule has 1 fully saturated rings. The third-order valence-electron chi connectivity index (χ3n) is 8.97. The number of nitrogens with two attached hydrogens (primary N) is 1. The second-order valence-corrected chi connectivity index (χ2v) is 11.7. The van der Waals surface area contributed by atoms with Crippen molar-refractivity contribution in [2.24, 2.45) is 11.7 Å². The van der Waals surface area contributed by atoms with Gasteiger partial charge in [0.05, 0.1) is 13.0 Å². The molecule has 1 amide bonds. The second-order valence-electron chi connectivity index (χ2n) is 11.7. The number of aliphatic carboxylic acids is 2. The normalized spacial score (nSPS) is 17.9. The fourth-order valence-electron chi connectivity index (χ4n) is 6.51. The van der Waals surface area contributed by atoms with Crippen LogP contribution in [-0.2, 0) is 25.5 Å². The SMILES string of the molecule is C=C=CC(CC(=O)O)[C@@](N)(C(=O)O)C(=O)CN1CCN(C(=O)OCC2c3ccccc3-c3ccccc32)CC1Cc1ccccc1. The Morgan fingerprint density at radius 2 is 1.57 bits per heavy atom. The first-order chi connectivity index (χ1) is 22.1. The predicted octanol–water partition coefficient (Wildman–Crippen LogP) is 3.95. The van der Waals surface area contributed by atoms with Gasteiger partial charge in [-0.2, -0.15) is 0 Å². The molecule has 46 heavy (non-hydrogen) atoms. The van der Waals surface area contributed by atoms with Gasteiger partial charge in [0.15, 0.2) is 11.3 Å². The molecule has 0 aromatic heterocycles. The molecule has 3 aromatic rings. The third kappa shape index (κ3) is 6.65. The van der Waals surface area contributed by atoms with Gasteiger partial charge in [0.2, 0.25) is 0 Å². The van der Waals surface area contributed by atoms with Gasteiger partial charge in [-0.3, -0.25) is 14.5 Å². The van der Waals surface area contributed by atoms with Crippen LogP contribution in [0.2, 0.25) is 0 Å². The average Bonchev–Trinajstić information content (AvgIpc) is 3.37. The summed E-state index contributed by atoms with van der Waals surface area (Å²) in [6, 6.07) is 25.4. The number of hydrogen-bond acceptors (Lipinski definition) is 7. The largest absolute Gasteiger partial charge is 0.481 e. The Kier molecular flexibility index (Phi) is 9.82. The number of ether oxygens (including phenoxy) is 1. The number of amides is 1. The van der Waals surface area contributed by atoms with E-state index in [1.54, 1.807) is 4.90 Å². The van der Waals surface area contributed by atoms with Crippen LogP contribution in [0.5, 0.6) is 0 Å². The summed E-state index contributed by atoms with van der Waals surface area (Å²) < 4.78 is 5.91. The lowest BCUT2D eigenvalue weighted by Gasteiger charge is -2.42. The lowest BCUT2D eigenvalue weighted by Crippen LogP contribution is -2.65. The summed E-state index contributed by atoms with van der Waals surface area (Å²) in [6.07, 6.45) is 0.440. The van der Waals surface area contributed by atoms with E-state index in [4.69, 9.17) is 10.5 Å². The molecule has 1 saturated heterocycles. The van der Waals surface area contributed by atoms with E-state index in [2.05, 4.69) is 36.6 Å². The van der Waals surface area contributed by atoms with Crippen molar-refractivity contribution in [3.05, 3.63) is 114 Å². The highest BCUT2D eigenvalue weighted by atomic mass is 16.6. The molecule has 2 aliphatic rings. The van der Waals surface area contributed by atoms with E-state index in [0.717, 1.165) is 33.9 Å². The maximum Gasteiger partial charge on any atom is 0.409 e. The monoisotopic (exact) mass is 623 g/mol. The third-order valence-corrected chi connectivity index (χ3v) is 8.97. The van der Waals surface area contributed by atoms with E-state index >= 15 is 0 Å². The van der Waals surface area contributed by atoms with E-state index in [0.29, 0.717) is 6.42 Å². The summed E-state index contributed by atoms with van der Waals surface area (Å²) in [4.78, 5) is 54.4. The van der Waals surface area contributed by atoms with Crippen LogP contribution in [-0.4, -0.2) is 88.2 Å². The summed E-state index contributed by atoms with van der Waals surface area (Å²) in [5.74, 6) is -5.23. The smallest absolute Gasteiger partial charge is 0.409 e. The zero-order valence-corrected chi connectivity index (χ0v) is 25.4. The van der Waals surface area contributed by atoms with Crippen molar-refractivity contribution in [1.82, 2.24) is 9.80 Å². The van der Waals surface area contributed by atoms with Crippen molar-refractivity contribution in [3.8, 4) is 11.1 Å². The fraction of sp³-hybridized carbons (Fsp3) is 0.306. The molecule has 4 N–H and O–H groups in total. The minimum Gasteiger partial charge on any atom is -0.481 e. The number of carboxylic acid groups (broad SMARTS) is 2. The number of rotatable bonds is 12. The molecule has 1 heterocycles. The van der Waals surface area contributed by atoms with Crippen LogP contribution >= 0.6 is 0 Å². The van der Waals surface area contributed by atoms with Crippen molar-refractivity contribution in [2.75, 3.05) is 32.8 Å². The minimum atomic E-state index is -2.51. The van der Waals surface area contributed by atoms with E-state index in [-0.39, 0.29) is 44.7 Å². The maximum atomic E-state index is 13.6. The molecule has 0 spiro atoms. The number of piperazine rings is 1. The number of carbonyl (C=O) groups is 4. The number of benzene rings is 3. The molecular weight excluding hydrogens is 586 g/mol. The molecule has 238 valence electrons. The van der Waals surface area contributed by atoms with Gasteiger partial charge in [0, 0.05) is 37.5 Å². The summed E-state index contributed by atoms with van der Waals surface area (Å²) in [5, 5.41) is 19.4. The quantitative estimate of drug-likeness (QED) is 0.201. The zero-order valence-electron chi connectivity index (χ0n) is 25.4. The van der Waals surface area contributed by atoms with E-state index in [9.17, 15) is 29.4 Å². The van der Waals surface area contributed by atoms with E-state index in [1.807, 2.05) is 59.5 Å². The van der Waals surface area contributed by atoms with Crippen molar-refractivity contribution < 1.29 is 34.1 Å². The average molecular weight is 624 g/mol. The first-order valence-corrected chi connectivity index (χ1v) is 15.1. The number of carbonyl (C=O) groups excluding carboxylic acids is 2. The van der Waals surface area contributed by atoms with E-state index in [1.165, 1.54) is 0 Å². The molecule has 1 aliphatic heterocycles. The predicted molar refractivity (Wildman–Crippen MR) is 171 cm³/mol.